The molecule has 0 unspecified atom stereocenters. The zero-order valence-electron chi connectivity index (χ0n) is 28.4. The van der Waals surface area contributed by atoms with Gasteiger partial charge in [-0.15, -0.1) is 0 Å². The molecule has 0 aliphatic carbocycles. The molecule has 6 rings (SSSR count). The number of aromatic nitrogens is 4. The number of carbonyl (C=O) groups excluding carboxylic acids is 2. The maximum absolute atomic E-state index is 12.3. The van der Waals surface area contributed by atoms with Gasteiger partial charge < -0.3 is 37.5 Å². The number of hydrogen-bond acceptors (Lipinski definition) is 11. The normalized spacial score (nSPS) is 14.7. The summed E-state index contributed by atoms with van der Waals surface area (Å²) in [4.78, 5) is 50.2. The number of hydrogen-bond donors (Lipinski definition) is 4. The SMILES string of the molecule is COC(=O)c1nc(-c2ccccc2)c(N2CCCCCC2)nc1N.NC(N)=NC(=O)c1nc(-c2ccccc2)c(N2CCCCCC2)nc1N. The highest BCUT2D eigenvalue weighted by Crippen LogP contribution is 2.32. The van der Waals surface area contributed by atoms with E-state index in [0.29, 0.717) is 17.2 Å². The van der Waals surface area contributed by atoms with Crippen molar-refractivity contribution < 1.29 is 14.3 Å². The molecule has 262 valence electrons. The van der Waals surface area contributed by atoms with Crippen LogP contribution in [0.15, 0.2) is 65.7 Å². The molecule has 14 heteroatoms. The summed E-state index contributed by atoms with van der Waals surface area (Å²) in [6.07, 6.45) is 9.25. The van der Waals surface area contributed by atoms with Crippen LogP contribution in [0.25, 0.3) is 22.5 Å². The van der Waals surface area contributed by atoms with Gasteiger partial charge in [0.1, 0.15) is 11.4 Å². The zero-order chi connectivity index (χ0) is 35.5. The lowest BCUT2D eigenvalue weighted by molar-refractivity contribution is 0.0595. The Hall–Kier alpha value is -5.79. The van der Waals surface area contributed by atoms with Crippen molar-refractivity contribution >= 4 is 41.1 Å². The standard InChI is InChI=1S/C18H23N7O.C18H22N4O2/c19-15-14(17(26)24-18(20)21)22-13(12-8-4-3-5-9-12)16(23-15)25-10-6-1-2-7-11-25;1-24-18(23)15-16(19)21-17(22-11-7-2-3-8-12-22)14(20-15)13-9-5-4-6-10-13/h3-5,8-9H,1-2,6-7,10-11H2,(H2,19,23)(H4,20,21,24,26);4-6,9-10H,2-3,7-8,11-12H2,1H3,(H2,19,21). The van der Waals surface area contributed by atoms with E-state index in [-0.39, 0.29) is 29.0 Å². The molecule has 2 aliphatic rings. The fraction of sp³-hybridized carbons (Fsp3) is 0.361. The maximum Gasteiger partial charge on any atom is 0.360 e. The maximum atomic E-state index is 12.3. The summed E-state index contributed by atoms with van der Waals surface area (Å²) in [5.41, 5.74) is 25.7. The van der Waals surface area contributed by atoms with Gasteiger partial charge in [0.25, 0.3) is 0 Å². The van der Waals surface area contributed by atoms with Gasteiger partial charge in [0.2, 0.25) is 0 Å². The first-order valence-electron chi connectivity index (χ1n) is 16.9. The third-order valence-corrected chi connectivity index (χ3v) is 8.53. The molecule has 0 radical (unpaired) electrons. The minimum absolute atomic E-state index is 0.0268. The second-order valence-electron chi connectivity index (χ2n) is 12.1. The van der Waals surface area contributed by atoms with Gasteiger partial charge in [-0.3, -0.25) is 4.79 Å². The minimum Gasteiger partial charge on any atom is -0.464 e. The van der Waals surface area contributed by atoms with E-state index >= 15 is 0 Å². The van der Waals surface area contributed by atoms with Gasteiger partial charge in [0.15, 0.2) is 40.6 Å². The molecular formula is C36H45N11O3. The molecule has 4 heterocycles. The highest BCUT2D eigenvalue weighted by atomic mass is 16.5. The first kappa shape index (κ1) is 35.5. The third kappa shape index (κ3) is 8.81. The van der Waals surface area contributed by atoms with E-state index in [2.05, 4.69) is 34.7 Å². The van der Waals surface area contributed by atoms with Gasteiger partial charge in [0, 0.05) is 37.3 Å². The zero-order valence-corrected chi connectivity index (χ0v) is 28.4. The van der Waals surface area contributed by atoms with E-state index in [0.717, 1.165) is 68.8 Å². The number of carbonyl (C=O) groups is 2. The van der Waals surface area contributed by atoms with E-state index in [1.165, 1.54) is 32.8 Å². The molecule has 4 aromatic rings. The topological polar surface area (TPSA) is 218 Å². The summed E-state index contributed by atoms with van der Waals surface area (Å²) in [5.74, 6) is -0.0342. The predicted molar refractivity (Wildman–Crippen MR) is 197 cm³/mol. The fourth-order valence-corrected chi connectivity index (χ4v) is 6.04. The molecule has 2 fully saturated rings. The molecular weight excluding hydrogens is 634 g/mol. The first-order valence-corrected chi connectivity index (χ1v) is 16.9. The molecule has 14 nitrogen and oxygen atoms in total. The van der Waals surface area contributed by atoms with Crippen molar-refractivity contribution in [2.24, 2.45) is 16.5 Å². The number of methoxy groups -OCH3 is 1. The Morgan fingerprint density at radius 2 is 1.02 bits per heavy atom. The van der Waals surface area contributed by atoms with Crippen LogP contribution in [0, 0.1) is 0 Å². The monoisotopic (exact) mass is 679 g/mol. The minimum atomic E-state index is -0.699. The largest absolute Gasteiger partial charge is 0.464 e. The Kier molecular flexibility index (Phi) is 12.1. The lowest BCUT2D eigenvalue weighted by atomic mass is 10.1. The lowest BCUT2D eigenvalue weighted by Crippen LogP contribution is -2.27. The van der Waals surface area contributed by atoms with Crippen LogP contribution in [0.5, 0.6) is 0 Å². The highest BCUT2D eigenvalue weighted by Gasteiger charge is 2.24. The Morgan fingerprint density at radius 1 is 0.620 bits per heavy atom. The van der Waals surface area contributed by atoms with Crippen molar-refractivity contribution in [3.63, 3.8) is 0 Å². The van der Waals surface area contributed by atoms with Crippen molar-refractivity contribution in [3.05, 3.63) is 72.1 Å². The van der Waals surface area contributed by atoms with E-state index in [1.54, 1.807) is 0 Å². The van der Waals surface area contributed by atoms with Crippen LogP contribution in [0.2, 0.25) is 0 Å². The molecule has 8 N–H and O–H groups in total. The second kappa shape index (κ2) is 17.0. The van der Waals surface area contributed by atoms with Gasteiger partial charge >= 0.3 is 11.9 Å². The van der Waals surface area contributed by atoms with Crippen molar-refractivity contribution in [1.29, 1.82) is 0 Å². The average Bonchev–Trinajstić information content (AvgIpc) is 3.58. The number of nitrogens with two attached hydrogens (primary N) is 4. The van der Waals surface area contributed by atoms with Crippen LogP contribution < -0.4 is 32.7 Å². The summed E-state index contributed by atoms with van der Waals surface area (Å²) in [7, 11) is 1.31. The molecule has 0 atom stereocenters. The highest BCUT2D eigenvalue weighted by molar-refractivity contribution is 6.04. The number of ether oxygens (including phenoxy) is 1. The molecule has 2 aromatic carbocycles. The van der Waals surface area contributed by atoms with Crippen molar-refractivity contribution in [1.82, 2.24) is 19.9 Å². The van der Waals surface area contributed by atoms with Crippen LogP contribution in [0.4, 0.5) is 23.3 Å². The van der Waals surface area contributed by atoms with E-state index < -0.39 is 11.9 Å². The average molecular weight is 680 g/mol. The number of guanidine groups is 1. The molecule has 2 aromatic heterocycles. The van der Waals surface area contributed by atoms with Gasteiger partial charge in [-0.1, -0.05) is 86.3 Å². The smallest absolute Gasteiger partial charge is 0.360 e. The number of nitrogens with zero attached hydrogens (tertiary/aromatic N) is 7. The molecule has 0 saturated carbocycles. The van der Waals surface area contributed by atoms with Crippen molar-refractivity contribution in [2.45, 2.75) is 51.4 Å². The fourth-order valence-electron chi connectivity index (χ4n) is 6.04. The lowest BCUT2D eigenvalue weighted by Gasteiger charge is -2.24. The Balaban J connectivity index is 0.000000195. The summed E-state index contributed by atoms with van der Waals surface area (Å²) in [5, 5.41) is 0. The molecule has 2 saturated heterocycles. The summed E-state index contributed by atoms with van der Waals surface area (Å²) in [6, 6.07) is 19.4. The molecule has 0 bridgehead atoms. The van der Waals surface area contributed by atoms with Crippen LogP contribution in [0.1, 0.15) is 72.3 Å². The predicted octanol–water partition coefficient (Wildman–Crippen LogP) is 4.41. The second-order valence-corrected chi connectivity index (χ2v) is 12.1. The molecule has 0 spiro atoms. The van der Waals surface area contributed by atoms with Crippen molar-refractivity contribution in [3.8, 4) is 22.5 Å². The molecule has 2 aliphatic heterocycles. The van der Waals surface area contributed by atoms with Gasteiger partial charge in [-0.2, -0.15) is 4.99 Å². The van der Waals surface area contributed by atoms with E-state index in [9.17, 15) is 9.59 Å². The van der Waals surface area contributed by atoms with E-state index in [1.807, 2.05) is 60.7 Å². The van der Waals surface area contributed by atoms with Gasteiger partial charge in [-0.25, -0.2) is 24.7 Å². The first-order chi connectivity index (χ1) is 24.3. The summed E-state index contributed by atoms with van der Waals surface area (Å²) < 4.78 is 4.78. The Bertz CT molecular complexity index is 1780. The van der Waals surface area contributed by atoms with E-state index in [4.69, 9.17) is 27.7 Å². The summed E-state index contributed by atoms with van der Waals surface area (Å²) in [6.45, 7) is 3.61. The molecule has 50 heavy (non-hydrogen) atoms. The third-order valence-electron chi connectivity index (χ3n) is 8.53. The number of aliphatic imine (C=N–C) groups is 1. The summed E-state index contributed by atoms with van der Waals surface area (Å²) >= 11 is 0. The molecule has 1 amide bonds. The Labute approximate surface area is 292 Å². The van der Waals surface area contributed by atoms with Crippen LogP contribution in [-0.2, 0) is 4.74 Å². The number of anilines is 4. The van der Waals surface area contributed by atoms with Crippen LogP contribution in [0.3, 0.4) is 0 Å². The number of amides is 1. The number of nitrogen functional groups attached to an aromatic ring is 2. The van der Waals surface area contributed by atoms with Crippen LogP contribution >= 0.6 is 0 Å². The van der Waals surface area contributed by atoms with Gasteiger partial charge in [-0.05, 0) is 25.7 Å². The Morgan fingerprint density at radius 3 is 1.42 bits per heavy atom. The number of benzene rings is 2. The van der Waals surface area contributed by atoms with Crippen molar-refractivity contribution in [2.75, 3.05) is 54.6 Å². The number of rotatable bonds is 6. The quantitative estimate of drug-likeness (QED) is 0.126. The van der Waals surface area contributed by atoms with Gasteiger partial charge in [0.05, 0.1) is 7.11 Å². The number of esters is 1. The van der Waals surface area contributed by atoms with Crippen LogP contribution in [-0.4, -0.2) is 71.1 Å².